The average Bonchev–Trinajstić information content (AvgIpc) is 2.62. The van der Waals surface area contributed by atoms with Crippen LogP contribution in [-0.2, 0) is 0 Å². The fraction of sp³-hybridized carbons (Fsp3) is 0.474. The number of hydrogen-bond donors (Lipinski definition) is 2. The highest BCUT2D eigenvalue weighted by atomic mass is 35.5. The Labute approximate surface area is 167 Å². The van der Waals surface area contributed by atoms with Crippen molar-refractivity contribution >= 4 is 35.6 Å². The number of piperazine rings is 1. The molecule has 0 spiro atoms. The molecule has 0 saturated carbocycles. The second-order valence-corrected chi connectivity index (χ2v) is 6.34. The van der Waals surface area contributed by atoms with Gasteiger partial charge in [0.2, 0.25) is 0 Å². The lowest BCUT2D eigenvalue weighted by atomic mass is 10.1. The first kappa shape index (κ1) is 23.0. The highest BCUT2D eigenvalue weighted by molar-refractivity contribution is 5.85. The predicted octanol–water partition coefficient (Wildman–Crippen LogP) is 2.03. The van der Waals surface area contributed by atoms with Gasteiger partial charge in [-0.3, -0.25) is 9.80 Å². The molecule has 7 heteroatoms. The van der Waals surface area contributed by atoms with Crippen LogP contribution in [0.5, 0.6) is 5.75 Å². The molecule has 1 unspecified atom stereocenters. The van der Waals surface area contributed by atoms with Crippen molar-refractivity contribution in [2.24, 2.45) is 0 Å². The molecule has 1 aliphatic heterocycles. The van der Waals surface area contributed by atoms with Crippen molar-refractivity contribution in [3.8, 4) is 5.75 Å². The molecule has 1 aliphatic rings. The van der Waals surface area contributed by atoms with Crippen LogP contribution < -0.4 is 4.74 Å². The van der Waals surface area contributed by atoms with Gasteiger partial charge in [0.25, 0.3) is 0 Å². The third kappa shape index (κ3) is 6.58. The zero-order valence-corrected chi connectivity index (χ0v) is 16.4. The molecule has 0 radical (unpaired) electrons. The van der Waals surface area contributed by atoms with Gasteiger partial charge in [0, 0.05) is 39.3 Å². The summed E-state index contributed by atoms with van der Waals surface area (Å²) in [6.07, 6.45) is -0.499. The highest BCUT2D eigenvalue weighted by Gasteiger charge is 2.19. The van der Waals surface area contributed by atoms with Gasteiger partial charge in [0.05, 0.1) is 6.61 Å². The van der Waals surface area contributed by atoms with E-state index in [0.29, 0.717) is 13.2 Å². The third-order valence-corrected chi connectivity index (χ3v) is 4.51. The van der Waals surface area contributed by atoms with Gasteiger partial charge >= 0.3 is 0 Å². The Hall–Kier alpha value is -1.08. The molecule has 5 nitrogen and oxygen atoms in total. The number of β-amino-alcohol motifs (C(OH)–C–C–N with tert-alkyl or cyclic N) is 2. The van der Waals surface area contributed by atoms with Crippen molar-refractivity contribution in [1.82, 2.24) is 9.80 Å². The average molecular weight is 403 g/mol. The molecule has 146 valence electrons. The van der Waals surface area contributed by atoms with Crippen LogP contribution >= 0.6 is 24.8 Å². The monoisotopic (exact) mass is 402 g/mol. The largest absolute Gasteiger partial charge is 0.491 e. The summed E-state index contributed by atoms with van der Waals surface area (Å²) in [5.74, 6) is 0.792. The van der Waals surface area contributed by atoms with E-state index in [2.05, 4.69) is 21.9 Å². The van der Waals surface area contributed by atoms with Crippen molar-refractivity contribution < 1.29 is 14.9 Å². The Morgan fingerprint density at radius 1 is 0.923 bits per heavy atom. The van der Waals surface area contributed by atoms with Gasteiger partial charge in [0.15, 0.2) is 0 Å². The van der Waals surface area contributed by atoms with E-state index in [1.54, 1.807) is 0 Å². The van der Waals surface area contributed by atoms with E-state index in [4.69, 9.17) is 9.84 Å². The minimum absolute atomic E-state index is 0. The van der Waals surface area contributed by atoms with Gasteiger partial charge in [-0.25, -0.2) is 0 Å². The van der Waals surface area contributed by atoms with Crippen LogP contribution in [0.3, 0.4) is 0 Å². The van der Waals surface area contributed by atoms with Crippen molar-refractivity contribution in [3.63, 3.8) is 0 Å². The summed E-state index contributed by atoms with van der Waals surface area (Å²) in [5, 5.41) is 21.5. The number of aliphatic hydroxyl groups is 2. The van der Waals surface area contributed by atoms with Crippen molar-refractivity contribution in [2.75, 3.05) is 52.5 Å². The summed E-state index contributed by atoms with van der Waals surface area (Å²) in [5.41, 5.74) is 0. The Morgan fingerprint density at radius 3 is 2.27 bits per heavy atom. The second kappa shape index (κ2) is 11.6. The molecule has 0 aliphatic carbocycles. The van der Waals surface area contributed by atoms with Gasteiger partial charge in [-0.05, 0) is 22.9 Å². The van der Waals surface area contributed by atoms with Crippen LogP contribution in [0.1, 0.15) is 0 Å². The Morgan fingerprint density at radius 2 is 1.58 bits per heavy atom. The highest BCUT2D eigenvalue weighted by Crippen LogP contribution is 2.20. The fourth-order valence-corrected chi connectivity index (χ4v) is 3.14. The van der Waals surface area contributed by atoms with Gasteiger partial charge in [-0.1, -0.05) is 30.3 Å². The van der Waals surface area contributed by atoms with Gasteiger partial charge in [-0.15, -0.1) is 24.8 Å². The molecule has 1 atom stereocenters. The normalized spacial score (nSPS) is 16.5. The summed E-state index contributed by atoms with van der Waals surface area (Å²) in [6.45, 7) is 5.61. The van der Waals surface area contributed by atoms with E-state index in [1.165, 1.54) is 5.39 Å². The lowest BCUT2D eigenvalue weighted by Gasteiger charge is -2.35. The molecule has 2 N–H and O–H groups in total. The summed E-state index contributed by atoms with van der Waals surface area (Å²) >= 11 is 0. The van der Waals surface area contributed by atoms with E-state index in [1.807, 2.05) is 30.3 Å². The van der Waals surface area contributed by atoms with E-state index < -0.39 is 6.10 Å². The Bertz CT molecular complexity index is 651. The number of benzene rings is 2. The molecule has 1 fully saturated rings. The predicted molar refractivity (Wildman–Crippen MR) is 110 cm³/mol. The first-order valence-corrected chi connectivity index (χ1v) is 8.60. The van der Waals surface area contributed by atoms with Crippen LogP contribution in [-0.4, -0.2) is 78.6 Å². The fourth-order valence-electron chi connectivity index (χ4n) is 3.14. The molecule has 0 bridgehead atoms. The molecule has 26 heavy (non-hydrogen) atoms. The number of rotatable bonds is 7. The maximum Gasteiger partial charge on any atom is 0.120 e. The van der Waals surface area contributed by atoms with Gasteiger partial charge in [0.1, 0.15) is 18.5 Å². The first-order valence-electron chi connectivity index (χ1n) is 8.60. The van der Waals surface area contributed by atoms with Crippen molar-refractivity contribution in [3.05, 3.63) is 42.5 Å². The SMILES string of the molecule is Cl.Cl.OCCN1CCN(CC(O)COc2ccc3ccccc3c2)CC1. The Balaban J connectivity index is 0.00000169. The maximum atomic E-state index is 10.2. The van der Waals surface area contributed by atoms with Crippen LogP contribution in [0.15, 0.2) is 42.5 Å². The van der Waals surface area contributed by atoms with E-state index >= 15 is 0 Å². The van der Waals surface area contributed by atoms with Crippen molar-refractivity contribution in [1.29, 1.82) is 0 Å². The van der Waals surface area contributed by atoms with Crippen LogP contribution in [0.2, 0.25) is 0 Å². The molecule has 2 aromatic rings. The lowest BCUT2D eigenvalue weighted by molar-refractivity contribution is 0.0429. The van der Waals surface area contributed by atoms with Crippen LogP contribution in [0, 0.1) is 0 Å². The molecule has 1 heterocycles. The molecule has 0 aromatic heterocycles. The second-order valence-electron chi connectivity index (χ2n) is 6.34. The quantitative estimate of drug-likeness (QED) is 0.741. The Kier molecular flexibility index (Phi) is 10.2. The number of hydrogen-bond acceptors (Lipinski definition) is 5. The van der Waals surface area contributed by atoms with Crippen molar-refractivity contribution in [2.45, 2.75) is 6.10 Å². The molecular formula is C19H28Cl2N2O3. The molecular weight excluding hydrogens is 375 g/mol. The number of nitrogens with zero attached hydrogens (tertiary/aromatic N) is 2. The zero-order valence-electron chi connectivity index (χ0n) is 14.8. The number of halogens is 2. The maximum absolute atomic E-state index is 10.2. The molecule has 2 aromatic carbocycles. The smallest absolute Gasteiger partial charge is 0.120 e. The standard InChI is InChI=1S/C19H26N2O3.2ClH/c22-12-11-20-7-9-21(10-8-20)14-18(23)15-24-19-6-5-16-3-1-2-4-17(16)13-19;;/h1-6,13,18,22-23H,7-12,14-15H2;2*1H. The molecule has 3 rings (SSSR count). The first-order chi connectivity index (χ1) is 11.7. The summed E-state index contributed by atoms with van der Waals surface area (Å²) < 4.78 is 5.76. The minimum atomic E-state index is -0.499. The number of aliphatic hydroxyl groups excluding tert-OH is 2. The lowest BCUT2D eigenvalue weighted by Crippen LogP contribution is -2.49. The van der Waals surface area contributed by atoms with Crippen LogP contribution in [0.25, 0.3) is 10.8 Å². The van der Waals surface area contributed by atoms with Crippen LogP contribution in [0.4, 0.5) is 0 Å². The number of fused-ring (bicyclic) bond motifs is 1. The van der Waals surface area contributed by atoms with Gasteiger partial charge in [-0.2, -0.15) is 0 Å². The summed E-state index contributed by atoms with van der Waals surface area (Å²) in [6, 6.07) is 14.2. The van der Waals surface area contributed by atoms with E-state index in [9.17, 15) is 5.11 Å². The summed E-state index contributed by atoms with van der Waals surface area (Å²) in [4.78, 5) is 4.50. The number of ether oxygens (including phenoxy) is 1. The zero-order chi connectivity index (χ0) is 16.8. The minimum Gasteiger partial charge on any atom is -0.491 e. The molecule has 0 amide bonds. The molecule has 1 saturated heterocycles. The van der Waals surface area contributed by atoms with E-state index in [0.717, 1.165) is 43.9 Å². The van der Waals surface area contributed by atoms with Gasteiger partial charge < -0.3 is 14.9 Å². The third-order valence-electron chi connectivity index (χ3n) is 4.51. The summed E-state index contributed by atoms with van der Waals surface area (Å²) in [7, 11) is 0. The van der Waals surface area contributed by atoms with E-state index in [-0.39, 0.29) is 31.4 Å². The topological polar surface area (TPSA) is 56.2 Å².